The summed E-state index contributed by atoms with van der Waals surface area (Å²) >= 11 is 0. The molecule has 0 bridgehead atoms. The van der Waals surface area contributed by atoms with Crippen LogP contribution in [0.2, 0.25) is 0 Å². The molecule has 0 amide bonds. The summed E-state index contributed by atoms with van der Waals surface area (Å²) in [7, 11) is 2.65. The number of nitrogens with zero attached hydrogens (tertiary/aromatic N) is 1. The summed E-state index contributed by atoms with van der Waals surface area (Å²) in [6.45, 7) is 4.46. The molecule has 1 aliphatic heterocycles. The summed E-state index contributed by atoms with van der Waals surface area (Å²) in [6.07, 6.45) is 6.62. The Balaban J connectivity index is 2.12. The van der Waals surface area contributed by atoms with E-state index in [0.717, 1.165) is 0 Å². The van der Waals surface area contributed by atoms with E-state index in [1.165, 1.54) is 59.0 Å². The van der Waals surface area contributed by atoms with E-state index in [0.29, 0.717) is 0 Å². The van der Waals surface area contributed by atoms with E-state index >= 15 is 0 Å². The van der Waals surface area contributed by atoms with Gasteiger partial charge in [0.1, 0.15) is 0 Å². The minimum absolute atomic E-state index is 1.21. The Morgan fingerprint density at radius 1 is 1.25 bits per heavy atom. The first kappa shape index (κ1) is 10.2. The van der Waals surface area contributed by atoms with Gasteiger partial charge in [-0.1, -0.05) is 26.2 Å². The van der Waals surface area contributed by atoms with Gasteiger partial charge in [-0.2, -0.15) is 0 Å². The molecule has 1 radical (unpaired) electrons. The lowest BCUT2D eigenvalue weighted by molar-refractivity contribution is 0.657. The summed E-state index contributed by atoms with van der Waals surface area (Å²) in [5.74, 6) is 0. The Morgan fingerprint density at radius 2 is 2.08 bits per heavy atom. The van der Waals surface area contributed by atoms with E-state index in [1.54, 1.807) is 0 Å². The first-order valence-electron chi connectivity index (χ1n) is 4.66. The summed E-state index contributed by atoms with van der Waals surface area (Å²) in [4.78, 5) is 0. The van der Waals surface area contributed by atoms with E-state index in [9.17, 15) is 0 Å². The minimum Gasteiger partial charge on any atom is -0.227 e. The highest BCUT2D eigenvalue weighted by Gasteiger charge is 2.06. The van der Waals surface area contributed by atoms with Crippen LogP contribution in [0.1, 0.15) is 46.0 Å². The molecule has 0 aromatic carbocycles. The van der Waals surface area contributed by atoms with Crippen LogP contribution in [0.15, 0.2) is 11.0 Å². The van der Waals surface area contributed by atoms with Crippen LogP contribution in [0.4, 0.5) is 0 Å². The quantitative estimate of drug-likeness (QED) is 0.457. The molecule has 1 heterocycles. The second-order valence-electron chi connectivity index (χ2n) is 3.13. The zero-order chi connectivity index (χ0) is 8.81. The van der Waals surface area contributed by atoms with Crippen molar-refractivity contribution >= 4 is 15.9 Å². The third-order valence-electron chi connectivity index (χ3n) is 2.04. The van der Waals surface area contributed by atoms with Gasteiger partial charge in [-0.15, -0.1) is 0 Å². The smallest absolute Gasteiger partial charge is 0.0699 e. The van der Waals surface area contributed by atoms with Crippen molar-refractivity contribution < 1.29 is 0 Å². The minimum atomic E-state index is 1.21. The molecule has 3 heteroatoms. The molecular formula is C9H16NP2. The van der Waals surface area contributed by atoms with Crippen LogP contribution in [-0.2, 0) is 0 Å². The molecule has 0 atom stereocenters. The fourth-order valence-electron chi connectivity index (χ4n) is 1.22. The van der Waals surface area contributed by atoms with Crippen LogP contribution in [-0.4, -0.2) is 0 Å². The van der Waals surface area contributed by atoms with Gasteiger partial charge >= 0.3 is 0 Å². The molecule has 0 aromatic heterocycles. The van der Waals surface area contributed by atoms with E-state index in [4.69, 9.17) is 0 Å². The van der Waals surface area contributed by atoms with Gasteiger partial charge in [-0.25, -0.2) is 5.09 Å². The van der Waals surface area contributed by atoms with Crippen molar-refractivity contribution in [3.05, 3.63) is 11.0 Å². The fraction of sp³-hybridized carbons (Fsp3) is 0.778. The Bertz CT molecular complexity index is 197. The number of hydrogen-bond donors (Lipinski definition) is 0. The van der Waals surface area contributed by atoms with Gasteiger partial charge in [0.2, 0.25) is 0 Å². The predicted molar refractivity (Wildman–Crippen MR) is 57.4 cm³/mol. The maximum absolute atomic E-state index is 4.45. The molecule has 67 valence electrons. The van der Waals surface area contributed by atoms with Gasteiger partial charge in [0, 0.05) is 5.31 Å². The van der Waals surface area contributed by atoms with Gasteiger partial charge in [-0.3, -0.25) is 0 Å². The van der Waals surface area contributed by atoms with Crippen LogP contribution in [0.3, 0.4) is 0 Å². The zero-order valence-corrected chi connectivity index (χ0v) is 9.67. The van der Waals surface area contributed by atoms with Gasteiger partial charge in [0.25, 0.3) is 0 Å². The third-order valence-corrected chi connectivity index (χ3v) is 4.46. The van der Waals surface area contributed by atoms with E-state index in [-0.39, 0.29) is 0 Å². The van der Waals surface area contributed by atoms with E-state index < -0.39 is 0 Å². The van der Waals surface area contributed by atoms with Crippen molar-refractivity contribution in [1.29, 1.82) is 0 Å². The van der Waals surface area contributed by atoms with E-state index in [2.05, 4.69) is 18.9 Å². The Kier molecular flexibility index (Phi) is 4.88. The predicted octanol–water partition coefficient (Wildman–Crippen LogP) is 4.53. The molecule has 0 saturated carbocycles. The lowest BCUT2D eigenvalue weighted by Crippen LogP contribution is -1.90. The van der Waals surface area contributed by atoms with E-state index in [1.807, 2.05) is 0 Å². The molecule has 0 saturated heterocycles. The summed E-state index contributed by atoms with van der Waals surface area (Å²) < 4.78 is 0. The fourth-order valence-corrected chi connectivity index (χ4v) is 3.32. The topological polar surface area (TPSA) is 14.1 Å². The van der Waals surface area contributed by atoms with Gasteiger partial charge in [-0.05, 0) is 27.6 Å². The number of rotatable bonds is 5. The molecule has 12 heavy (non-hydrogen) atoms. The second kappa shape index (κ2) is 5.73. The van der Waals surface area contributed by atoms with Crippen LogP contribution in [0.25, 0.3) is 0 Å². The standard InChI is InChI=1S/C9H16NP2/c1-3-4-5-6-7-9-8(2)11-12-10-9/h3-7H2,1-2H3. The van der Waals surface area contributed by atoms with Crippen LogP contribution in [0, 0.1) is 0 Å². The molecule has 1 aliphatic rings. The molecule has 0 spiro atoms. The number of hydrogen-bond acceptors (Lipinski definition) is 0. The SMILES string of the molecule is CCCCCCC1=C(C)P=P[N]1. The molecule has 0 aliphatic carbocycles. The normalized spacial score (nSPS) is 18.2. The summed E-state index contributed by atoms with van der Waals surface area (Å²) in [6, 6.07) is 0. The van der Waals surface area contributed by atoms with Crippen LogP contribution >= 0.6 is 15.9 Å². The monoisotopic (exact) mass is 200 g/mol. The van der Waals surface area contributed by atoms with Crippen LogP contribution in [0.5, 0.6) is 0 Å². The van der Waals surface area contributed by atoms with Gasteiger partial charge in [0.05, 0.1) is 13.7 Å². The average molecular weight is 200 g/mol. The summed E-state index contributed by atoms with van der Waals surface area (Å²) in [5.41, 5.74) is 1.38. The van der Waals surface area contributed by atoms with Crippen molar-refractivity contribution in [2.24, 2.45) is 0 Å². The molecule has 0 aromatic rings. The Hall–Kier alpha value is 0.140. The van der Waals surface area contributed by atoms with Crippen LogP contribution < -0.4 is 5.09 Å². The molecule has 0 unspecified atom stereocenters. The first-order valence-corrected chi connectivity index (χ1v) is 7.11. The largest absolute Gasteiger partial charge is 0.227 e. The van der Waals surface area contributed by atoms with Gasteiger partial charge in [0.15, 0.2) is 0 Å². The molecular weight excluding hydrogens is 184 g/mol. The highest BCUT2D eigenvalue weighted by atomic mass is 31.7. The first-order chi connectivity index (χ1) is 5.84. The maximum Gasteiger partial charge on any atom is 0.0699 e. The van der Waals surface area contributed by atoms with Crippen molar-refractivity contribution in [2.75, 3.05) is 0 Å². The molecule has 1 nitrogen and oxygen atoms in total. The number of unbranched alkanes of at least 4 members (excludes halogenated alkanes) is 3. The van der Waals surface area contributed by atoms with Crippen molar-refractivity contribution in [3.63, 3.8) is 0 Å². The lowest BCUT2D eigenvalue weighted by Gasteiger charge is -2.01. The highest BCUT2D eigenvalue weighted by molar-refractivity contribution is 7.85. The molecule has 1 rings (SSSR count). The van der Waals surface area contributed by atoms with Crippen molar-refractivity contribution in [3.8, 4) is 0 Å². The lowest BCUT2D eigenvalue weighted by atomic mass is 10.1. The summed E-state index contributed by atoms with van der Waals surface area (Å²) in [5, 5.41) is 5.95. The highest BCUT2D eigenvalue weighted by Crippen LogP contribution is 2.36. The molecule has 0 fully saturated rings. The van der Waals surface area contributed by atoms with Gasteiger partial charge < -0.3 is 0 Å². The number of allylic oxidation sites excluding steroid dienone is 2. The van der Waals surface area contributed by atoms with Crippen molar-refractivity contribution in [1.82, 2.24) is 5.09 Å². The third kappa shape index (κ3) is 3.25. The Labute approximate surface area is 78.5 Å². The molecule has 0 N–H and O–H groups in total. The second-order valence-corrected chi connectivity index (χ2v) is 5.52. The maximum atomic E-state index is 4.45. The average Bonchev–Trinajstić information content (AvgIpc) is 2.46. The Morgan fingerprint density at radius 3 is 2.67 bits per heavy atom. The van der Waals surface area contributed by atoms with Crippen molar-refractivity contribution in [2.45, 2.75) is 46.0 Å². The zero-order valence-electron chi connectivity index (χ0n) is 7.88.